The zero-order valence-electron chi connectivity index (χ0n) is 9.20. The maximum absolute atomic E-state index is 11.0. The van der Waals surface area contributed by atoms with Crippen LogP contribution in [0.3, 0.4) is 0 Å². The van der Waals surface area contributed by atoms with E-state index in [1.165, 1.54) is 16.9 Å². The molecule has 1 rings (SSSR count). The number of thiophene rings is 1. The summed E-state index contributed by atoms with van der Waals surface area (Å²) in [5.41, 5.74) is 1.20. The number of rotatable bonds is 6. The Balaban J connectivity index is 2.84. The molecule has 0 unspecified atom stereocenters. The van der Waals surface area contributed by atoms with Gasteiger partial charge in [0.2, 0.25) is 0 Å². The summed E-state index contributed by atoms with van der Waals surface area (Å²) < 4.78 is 5.32. The van der Waals surface area contributed by atoms with Crippen LogP contribution in [0, 0.1) is 0 Å². The Kier molecular flexibility index (Phi) is 5.82. The smallest absolute Gasteiger partial charge is 0.349 e. The largest absolute Gasteiger partial charge is 0.486 e. The van der Waals surface area contributed by atoms with Gasteiger partial charge in [-0.05, 0) is 12.5 Å². The molecule has 0 amide bonds. The van der Waals surface area contributed by atoms with Crippen LogP contribution in [0.25, 0.3) is 0 Å². The minimum absolute atomic E-state index is 0.0770. The first-order valence-corrected chi connectivity index (χ1v) is 6.65. The molecule has 1 aromatic rings. The second kappa shape index (κ2) is 6.89. The van der Waals surface area contributed by atoms with Crippen LogP contribution < -0.4 is 4.74 Å². The third-order valence-electron chi connectivity index (χ3n) is 1.92. The summed E-state index contributed by atoms with van der Waals surface area (Å²) in [6.07, 6.45) is 1.80. The van der Waals surface area contributed by atoms with Gasteiger partial charge >= 0.3 is 5.97 Å². The van der Waals surface area contributed by atoms with Gasteiger partial charge in [-0.3, -0.25) is 0 Å². The SMILES string of the molecule is CCCc1cc(OCC(Cl)=CCl)c(C(=O)O)s1. The zero-order chi connectivity index (χ0) is 12.8. The Morgan fingerprint density at radius 2 is 2.35 bits per heavy atom. The number of carboxylic acid groups (broad SMARTS) is 1. The molecular weight excluding hydrogens is 283 g/mol. The molecule has 0 aliphatic carbocycles. The summed E-state index contributed by atoms with van der Waals surface area (Å²) in [5, 5.41) is 9.35. The summed E-state index contributed by atoms with van der Waals surface area (Å²) in [7, 11) is 0. The van der Waals surface area contributed by atoms with Crippen molar-refractivity contribution in [3.8, 4) is 5.75 Å². The Labute approximate surface area is 114 Å². The third-order valence-corrected chi connectivity index (χ3v) is 3.68. The molecule has 1 aromatic heterocycles. The first kappa shape index (κ1) is 14.4. The molecule has 0 fully saturated rings. The molecule has 0 aromatic carbocycles. The van der Waals surface area contributed by atoms with E-state index in [1.807, 2.05) is 6.92 Å². The van der Waals surface area contributed by atoms with Crippen LogP contribution in [-0.4, -0.2) is 17.7 Å². The molecule has 17 heavy (non-hydrogen) atoms. The maximum Gasteiger partial charge on any atom is 0.349 e. The first-order chi connectivity index (χ1) is 8.08. The van der Waals surface area contributed by atoms with Gasteiger partial charge in [0.1, 0.15) is 12.4 Å². The van der Waals surface area contributed by atoms with Crippen molar-refractivity contribution in [1.82, 2.24) is 0 Å². The second-order valence-corrected chi connectivity index (χ2v) is 5.15. The number of carbonyl (C=O) groups is 1. The lowest BCUT2D eigenvalue weighted by Gasteiger charge is -2.03. The molecule has 0 aliphatic rings. The van der Waals surface area contributed by atoms with Gasteiger partial charge in [-0.2, -0.15) is 0 Å². The first-order valence-electron chi connectivity index (χ1n) is 5.02. The number of hydrogen-bond acceptors (Lipinski definition) is 3. The van der Waals surface area contributed by atoms with E-state index in [4.69, 9.17) is 33.0 Å². The lowest BCUT2D eigenvalue weighted by Crippen LogP contribution is -2.01. The molecule has 94 valence electrons. The fourth-order valence-corrected chi connectivity index (χ4v) is 2.38. The van der Waals surface area contributed by atoms with Crippen molar-refractivity contribution >= 4 is 40.5 Å². The van der Waals surface area contributed by atoms with Crippen molar-refractivity contribution in [1.29, 1.82) is 0 Å². The number of carboxylic acids is 1. The fraction of sp³-hybridized carbons (Fsp3) is 0.364. The van der Waals surface area contributed by atoms with E-state index in [0.717, 1.165) is 17.7 Å². The lowest BCUT2D eigenvalue weighted by atomic mass is 10.3. The van der Waals surface area contributed by atoms with Crippen LogP contribution in [0.1, 0.15) is 27.9 Å². The van der Waals surface area contributed by atoms with Gasteiger partial charge < -0.3 is 9.84 Å². The van der Waals surface area contributed by atoms with Gasteiger partial charge in [0.15, 0.2) is 4.88 Å². The molecule has 0 saturated heterocycles. The molecule has 0 spiro atoms. The fourth-order valence-electron chi connectivity index (χ4n) is 1.23. The summed E-state index contributed by atoms with van der Waals surface area (Å²) in [5.74, 6) is -0.638. The summed E-state index contributed by atoms with van der Waals surface area (Å²) >= 11 is 12.3. The van der Waals surface area contributed by atoms with Crippen molar-refractivity contribution in [2.24, 2.45) is 0 Å². The molecular formula is C11H12Cl2O3S. The zero-order valence-corrected chi connectivity index (χ0v) is 11.5. The van der Waals surface area contributed by atoms with Gasteiger partial charge in [-0.15, -0.1) is 11.3 Å². The minimum atomic E-state index is -0.988. The topological polar surface area (TPSA) is 46.5 Å². The molecule has 3 nitrogen and oxygen atoms in total. The van der Waals surface area contributed by atoms with Crippen LogP contribution in [-0.2, 0) is 6.42 Å². The van der Waals surface area contributed by atoms with Gasteiger partial charge in [0.05, 0.1) is 5.03 Å². The Bertz CT molecular complexity index is 426. The second-order valence-electron chi connectivity index (χ2n) is 3.31. The van der Waals surface area contributed by atoms with Crippen molar-refractivity contribution in [2.45, 2.75) is 19.8 Å². The van der Waals surface area contributed by atoms with E-state index in [1.54, 1.807) is 6.07 Å². The van der Waals surface area contributed by atoms with E-state index in [9.17, 15) is 4.79 Å². The van der Waals surface area contributed by atoms with Crippen LogP contribution >= 0.6 is 34.5 Å². The van der Waals surface area contributed by atoms with E-state index in [2.05, 4.69) is 0 Å². The van der Waals surface area contributed by atoms with Gasteiger partial charge in [0, 0.05) is 10.4 Å². The minimum Gasteiger partial charge on any atom is -0.486 e. The Hall–Kier alpha value is -0.710. The monoisotopic (exact) mass is 294 g/mol. The normalized spacial score (nSPS) is 11.6. The van der Waals surface area contributed by atoms with Crippen LogP contribution in [0.5, 0.6) is 5.75 Å². The molecule has 1 heterocycles. The van der Waals surface area contributed by atoms with Gasteiger partial charge in [0.25, 0.3) is 0 Å². The van der Waals surface area contributed by atoms with Crippen molar-refractivity contribution in [3.05, 3.63) is 26.4 Å². The van der Waals surface area contributed by atoms with Crippen molar-refractivity contribution in [3.63, 3.8) is 0 Å². The highest BCUT2D eigenvalue weighted by Crippen LogP contribution is 2.30. The van der Waals surface area contributed by atoms with E-state index >= 15 is 0 Å². The van der Waals surface area contributed by atoms with Crippen LogP contribution in [0.15, 0.2) is 16.6 Å². The van der Waals surface area contributed by atoms with E-state index in [-0.39, 0.29) is 11.5 Å². The predicted octanol–water partition coefficient (Wildman–Crippen LogP) is 4.10. The Morgan fingerprint density at radius 1 is 1.65 bits per heavy atom. The summed E-state index contributed by atoms with van der Waals surface area (Å²) in [4.78, 5) is 12.2. The predicted molar refractivity (Wildman–Crippen MR) is 70.6 cm³/mol. The molecule has 0 aliphatic heterocycles. The molecule has 1 N–H and O–H groups in total. The quantitative estimate of drug-likeness (QED) is 0.859. The Morgan fingerprint density at radius 3 is 2.88 bits per heavy atom. The molecule has 0 bridgehead atoms. The van der Waals surface area contributed by atoms with Crippen LogP contribution in [0.4, 0.5) is 0 Å². The molecule has 0 saturated carbocycles. The van der Waals surface area contributed by atoms with Crippen LogP contribution in [0.2, 0.25) is 0 Å². The summed E-state index contributed by atoms with van der Waals surface area (Å²) in [6, 6.07) is 1.75. The van der Waals surface area contributed by atoms with Crippen molar-refractivity contribution < 1.29 is 14.6 Å². The number of hydrogen-bond donors (Lipinski definition) is 1. The number of ether oxygens (including phenoxy) is 1. The van der Waals surface area contributed by atoms with Gasteiger partial charge in [-0.1, -0.05) is 36.5 Å². The average Bonchev–Trinajstić information content (AvgIpc) is 2.69. The van der Waals surface area contributed by atoms with Crippen molar-refractivity contribution in [2.75, 3.05) is 6.61 Å². The molecule has 6 heteroatoms. The highest BCUT2D eigenvalue weighted by molar-refractivity contribution is 7.14. The molecule has 0 atom stereocenters. The standard InChI is InChI=1S/C11H12Cl2O3S/c1-2-3-8-4-9(10(17-8)11(14)15)16-6-7(13)5-12/h4-5H,2-3,6H2,1H3,(H,14,15). The number of aryl methyl sites for hydroxylation is 1. The highest BCUT2D eigenvalue weighted by atomic mass is 35.5. The lowest BCUT2D eigenvalue weighted by molar-refractivity contribution is 0.0698. The van der Waals surface area contributed by atoms with E-state index < -0.39 is 5.97 Å². The van der Waals surface area contributed by atoms with E-state index in [0.29, 0.717) is 10.8 Å². The highest BCUT2D eigenvalue weighted by Gasteiger charge is 2.16. The molecule has 0 radical (unpaired) electrons. The number of aromatic carboxylic acids is 1. The van der Waals surface area contributed by atoms with Gasteiger partial charge in [-0.25, -0.2) is 4.79 Å². The summed E-state index contributed by atoms with van der Waals surface area (Å²) in [6.45, 7) is 2.11. The third kappa shape index (κ3) is 4.22. The number of halogens is 2. The maximum atomic E-state index is 11.0. The average molecular weight is 295 g/mol.